The molecule has 100 valence electrons. The second-order valence-electron chi connectivity index (χ2n) is 4.42. The van der Waals surface area contributed by atoms with Gasteiger partial charge in [-0.3, -0.25) is 5.10 Å². The highest BCUT2D eigenvalue weighted by molar-refractivity contribution is 6.30. The van der Waals surface area contributed by atoms with Crippen molar-refractivity contribution in [3.05, 3.63) is 59.1 Å². The van der Waals surface area contributed by atoms with Gasteiger partial charge in [-0.2, -0.15) is 5.10 Å². The molecule has 0 aliphatic carbocycles. The molecule has 4 nitrogen and oxygen atoms in total. The summed E-state index contributed by atoms with van der Waals surface area (Å²) < 4.78 is 0. The first kappa shape index (κ1) is 12.8. The van der Waals surface area contributed by atoms with Gasteiger partial charge in [0.15, 0.2) is 11.6 Å². The van der Waals surface area contributed by atoms with Crippen LogP contribution in [-0.4, -0.2) is 15.2 Å². The van der Waals surface area contributed by atoms with Crippen LogP contribution in [0, 0.1) is 0 Å². The summed E-state index contributed by atoms with van der Waals surface area (Å²) in [6.45, 7) is 0.532. The van der Waals surface area contributed by atoms with Gasteiger partial charge < -0.3 is 5.73 Å². The third kappa shape index (κ3) is 2.57. The lowest BCUT2D eigenvalue weighted by Crippen LogP contribution is -1.95. The molecule has 5 heteroatoms. The number of benzene rings is 2. The van der Waals surface area contributed by atoms with Gasteiger partial charge in [0, 0.05) is 22.7 Å². The number of hydrogen-bond acceptors (Lipinski definition) is 3. The Morgan fingerprint density at radius 3 is 2.55 bits per heavy atom. The summed E-state index contributed by atoms with van der Waals surface area (Å²) in [5.74, 6) is 1.36. The van der Waals surface area contributed by atoms with Crippen molar-refractivity contribution in [2.45, 2.75) is 6.54 Å². The van der Waals surface area contributed by atoms with Crippen LogP contribution in [0.25, 0.3) is 22.8 Å². The molecule has 3 rings (SSSR count). The summed E-state index contributed by atoms with van der Waals surface area (Å²) in [4.78, 5) is 4.49. The first-order valence-electron chi connectivity index (χ1n) is 6.24. The van der Waals surface area contributed by atoms with E-state index in [9.17, 15) is 0 Å². The van der Waals surface area contributed by atoms with Crippen molar-refractivity contribution in [3.63, 3.8) is 0 Å². The largest absolute Gasteiger partial charge is 0.326 e. The predicted molar refractivity (Wildman–Crippen MR) is 80.2 cm³/mol. The van der Waals surface area contributed by atoms with Gasteiger partial charge in [-0.25, -0.2) is 4.98 Å². The Balaban J connectivity index is 1.93. The number of aromatic nitrogens is 3. The fourth-order valence-electron chi connectivity index (χ4n) is 1.95. The van der Waals surface area contributed by atoms with Gasteiger partial charge in [-0.05, 0) is 17.7 Å². The number of H-pyrrole nitrogens is 1. The second-order valence-corrected chi connectivity index (χ2v) is 4.86. The highest BCUT2D eigenvalue weighted by atomic mass is 35.5. The maximum atomic E-state index is 5.97. The van der Waals surface area contributed by atoms with Crippen LogP contribution in [0.1, 0.15) is 5.56 Å². The van der Waals surface area contributed by atoms with Gasteiger partial charge in [0.25, 0.3) is 0 Å². The molecule has 3 N–H and O–H groups in total. The van der Waals surface area contributed by atoms with Crippen molar-refractivity contribution in [1.29, 1.82) is 0 Å². The SMILES string of the molecule is NCc1ccc(-c2nc(-c3cccc(Cl)c3)n[nH]2)cc1. The predicted octanol–water partition coefficient (Wildman–Crippen LogP) is 3.25. The molecule has 0 saturated carbocycles. The smallest absolute Gasteiger partial charge is 0.181 e. The number of hydrogen-bond donors (Lipinski definition) is 2. The summed E-state index contributed by atoms with van der Waals surface area (Å²) >= 11 is 5.97. The first-order chi connectivity index (χ1) is 9.76. The minimum absolute atomic E-state index is 0.532. The van der Waals surface area contributed by atoms with Crippen LogP contribution in [0.3, 0.4) is 0 Å². The maximum absolute atomic E-state index is 5.97. The van der Waals surface area contributed by atoms with Crippen LogP contribution in [0.2, 0.25) is 5.02 Å². The minimum Gasteiger partial charge on any atom is -0.326 e. The summed E-state index contributed by atoms with van der Waals surface area (Å²) in [6.07, 6.45) is 0. The van der Waals surface area contributed by atoms with Crippen LogP contribution >= 0.6 is 11.6 Å². The van der Waals surface area contributed by atoms with E-state index < -0.39 is 0 Å². The fourth-order valence-corrected chi connectivity index (χ4v) is 2.14. The molecule has 1 aromatic heterocycles. The van der Waals surface area contributed by atoms with E-state index >= 15 is 0 Å². The van der Waals surface area contributed by atoms with Crippen LogP contribution < -0.4 is 5.73 Å². The standard InChI is InChI=1S/C15H13ClN4/c16-13-3-1-2-12(8-13)15-18-14(19-20-15)11-6-4-10(9-17)5-7-11/h1-8H,9,17H2,(H,18,19,20). The highest BCUT2D eigenvalue weighted by Crippen LogP contribution is 2.22. The van der Waals surface area contributed by atoms with Gasteiger partial charge in [0.2, 0.25) is 0 Å². The zero-order valence-electron chi connectivity index (χ0n) is 10.7. The molecule has 0 atom stereocenters. The maximum Gasteiger partial charge on any atom is 0.181 e. The van der Waals surface area contributed by atoms with Gasteiger partial charge in [-0.15, -0.1) is 0 Å². The normalized spacial score (nSPS) is 10.7. The molecule has 0 radical (unpaired) electrons. The molecule has 20 heavy (non-hydrogen) atoms. The molecule has 3 aromatic rings. The van der Waals surface area contributed by atoms with E-state index in [1.165, 1.54) is 0 Å². The van der Waals surface area contributed by atoms with Crippen LogP contribution in [-0.2, 0) is 6.54 Å². The average Bonchev–Trinajstić information content (AvgIpc) is 2.97. The van der Waals surface area contributed by atoms with Crippen LogP contribution in [0.15, 0.2) is 48.5 Å². The number of nitrogens with one attached hydrogen (secondary N) is 1. The van der Waals surface area contributed by atoms with Crippen molar-refractivity contribution in [1.82, 2.24) is 15.2 Å². The molecule has 2 aromatic carbocycles. The Hall–Kier alpha value is -2.17. The van der Waals surface area contributed by atoms with Crippen molar-refractivity contribution in [2.24, 2.45) is 5.73 Å². The zero-order valence-corrected chi connectivity index (χ0v) is 11.4. The number of halogens is 1. The van der Waals surface area contributed by atoms with Crippen LogP contribution in [0.5, 0.6) is 0 Å². The summed E-state index contributed by atoms with van der Waals surface area (Å²) in [5.41, 5.74) is 8.53. The van der Waals surface area contributed by atoms with E-state index in [2.05, 4.69) is 15.2 Å². The van der Waals surface area contributed by atoms with Crippen molar-refractivity contribution in [2.75, 3.05) is 0 Å². The molecule has 1 heterocycles. The summed E-state index contributed by atoms with van der Waals surface area (Å²) in [5, 5.41) is 7.84. The Morgan fingerprint density at radius 2 is 1.85 bits per heavy atom. The van der Waals surface area contributed by atoms with E-state index in [1.807, 2.05) is 48.5 Å². The first-order valence-corrected chi connectivity index (χ1v) is 6.62. The number of aromatic amines is 1. The number of rotatable bonds is 3. The molecule has 0 saturated heterocycles. The summed E-state index contributed by atoms with van der Waals surface area (Å²) in [6, 6.07) is 15.4. The van der Waals surface area contributed by atoms with Gasteiger partial charge in [0.05, 0.1) is 0 Å². The third-order valence-electron chi connectivity index (χ3n) is 3.03. The van der Waals surface area contributed by atoms with Crippen molar-refractivity contribution < 1.29 is 0 Å². The Kier molecular flexibility index (Phi) is 3.50. The fraction of sp³-hybridized carbons (Fsp3) is 0.0667. The average molecular weight is 285 g/mol. The molecule has 0 bridgehead atoms. The lowest BCUT2D eigenvalue weighted by Gasteiger charge is -1.98. The number of nitrogens with zero attached hydrogens (tertiary/aromatic N) is 2. The minimum atomic E-state index is 0.532. The lowest BCUT2D eigenvalue weighted by molar-refractivity contribution is 1.07. The van der Waals surface area contributed by atoms with E-state index in [1.54, 1.807) is 0 Å². The lowest BCUT2D eigenvalue weighted by atomic mass is 10.1. The van der Waals surface area contributed by atoms with Crippen LogP contribution in [0.4, 0.5) is 0 Å². The molecule has 0 fully saturated rings. The molecule has 0 unspecified atom stereocenters. The van der Waals surface area contributed by atoms with Crippen molar-refractivity contribution >= 4 is 11.6 Å². The van der Waals surface area contributed by atoms with E-state index in [4.69, 9.17) is 17.3 Å². The van der Waals surface area contributed by atoms with E-state index in [0.29, 0.717) is 17.4 Å². The topological polar surface area (TPSA) is 67.6 Å². The van der Waals surface area contributed by atoms with Crippen molar-refractivity contribution in [3.8, 4) is 22.8 Å². The molecule has 0 aliphatic rings. The molecule has 0 aliphatic heterocycles. The monoisotopic (exact) mass is 284 g/mol. The molecular weight excluding hydrogens is 272 g/mol. The molecular formula is C15H13ClN4. The molecule has 0 amide bonds. The summed E-state index contributed by atoms with van der Waals surface area (Å²) in [7, 11) is 0. The second kappa shape index (κ2) is 5.45. The zero-order chi connectivity index (χ0) is 13.9. The van der Waals surface area contributed by atoms with Gasteiger partial charge >= 0.3 is 0 Å². The third-order valence-corrected chi connectivity index (χ3v) is 3.27. The van der Waals surface area contributed by atoms with E-state index in [0.717, 1.165) is 22.5 Å². The quantitative estimate of drug-likeness (QED) is 0.776. The Bertz CT molecular complexity index is 719. The van der Waals surface area contributed by atoms with E-state index in [-0.39, 0.29) is 0 Å². The Morgan fingerprint density at radius 1 is 1.05 bits per heavy atom. The number of nitrogens with two attached hydrogens (primary N) is 1. The van der Waals surface area contributed by atoms with Gasteiger partial charge in [-0.1, -0.05) is 48.0 Å². The van der Waals surface area contributed by atoms with Gasteiger partial charge in [0.1, 0.15) is 0 Å². The Labute approximate surface area is 121 Å². The molecule has 0 spiro atoms. The highest BCUT2D eigenvalue weighted by Gasteiger charge is 2.08.